The highest BCUT2D eigenvalue weighted by atomic mass is 16.4. The van der Waals surface area contributed by atoms with Crippen molar-refractivity contribution < 1.29 is 9.90 Å². The first-order valence-electron chi connectivity index (χ1n) is 5.94. The zero-order chi connectivity index (χ0) is 12.8. The summed E-state index contributed by atoms with van der Waals surface area (Å²) in [6.07, 6.45) is 1.52. The molecule has 0 bridgehead atoms. The number of nitrogens with zero attached hydrogens (tertiary/aromatic N) is 1. The number of aryl methyl sites for hydroxylation is 1. The highest BCUT2D eigenvalue weighted by Gasteiger charge is 2.10. The van der Waals surface area contributed by atoms with Crippen LogP contribution in [0.3, 0.4) is 0 Å². The normalized spacial score (nSPS) is 12.7. The molecule has 1 rings (SSSR count). The van der Waals surface area contributed by atoms with Gasteiger partial charge in [0.1, 0.15) is 0 Å². The third kappa shape index (κ3) is 5.00. The van der Waals surface area contributed by atoms with Crippen LogP contribution in [0.15, 0.2) is 24.3 Å². The van der Waals surface area contributed by atoms with Gasteiger partial charge >= 0.3 is 5.97 Å². The standard InChI is InChI=1S/C14H21NO2/c1-11(14(16)17)7-8-12-5-4-6-13(9-12)10-15(2)3/h4-6,9,11H,7-8,10H2,1-3H3,(H,16,17). The predicted octanol–water partition coefficient (Wildman–Crippen LogP) is 2.40. The first kappa shape index (κ1) is 13.7. The van der Waals surface area contributed by atoms with E-state index in [0.717, 1.165) is 13.0 Å². The van der Waals surface area contributed by atoms with Crippen molar-refractivity contribution in [2.45, 2.75) is 26.3 Å². The third-order valence-corrected chi connectivity index (χ3v) is 2.78. The second kappa shape index (κ2) is 6.40. The van der Waals surface area contributed by atoms with Crippen molar-refractivity contribution in [2.75, 3.05) is 14.1 Å². The van der Waals surface area contributed by atoms with Gasteiger partial charge in [-0.3, -0.25) is 4.79 Å². The summed E-state index contributed by atoms with van der Waals surface area (Å²) in [5.74, 6) is -0.984. The van der Waals surface area contributed by atoms with Crippen molar-refractivity contribution in [3.8, 4) is 0 Å². The van der Waals surface area contributed by atoms with E-state index in [1.54, 1.807) is 6.92 Å². The van der Waals surface area contributed by atoms with Crippen molar-refractivity contribution >= 4 is 5.97 Å². The van der Waals surface area contributed by atoms with E-state index in [2.05, 4.69) is 23.1 Å². The van der Waals surface area contributed by atoms with Gasteiger partial charge in [-0.1, -0.05) is 31.2 Å². The van der Waals surface area contributed by atoms with Crippen LogP contribution >= 0.6 is 0 Å². The van der Waals surface area contributed by atoms with Gasteiger partial charge in [0.15, 0.2) is 0 Å². The number of hydrogen-bond donors (Lipinski definition) is 1. The molecule has 1 atom stereocenters. The first-order valence-corrected chi connectivity index (χ1v) is 5.94. The van der Waals surface area contributed by atoms with Gasteiger partial charge in [-0.05, 0) is 38.1 Å². The lowest BCUT2D eigenvalue weighted by atomic mass is 10.00. The maximum absolute atomic E-state index is 10.7. The lowest BCUT2D eigenvalue weighted by Crippen LogP contribution is -2.11. The van der Waals surface area contributed by atoms with Crippen LogP contribution in [0.5, 0.6) is 0 Å². The Morgan fingerprint density at radius 2 is 2.00 bits per heavy atom. The van der Waals surface area contributed by atoms with Gasteiger partial charge in [-0.15, -0.1) is 0 Å². The maximum Gasteiger partial charge on any atom is 0.306 e. The molecule has 0 fully saturated rings. The van der Waals surface area contributed by atoms with Crippen LogP contribution < -0.4 is 0 Å². The maximum atomic E-state index is 10.7. The minimum absolute atomic E-state index is 0.271. The van der Waals surface area contributed by atoms with Gasteiger partial charge in [-0.25, -0.2) is 0 Å². The average molecular weight is 235 g/mol. The number of benzene rings is 1. The zero-order valence-electron chi connectivity index (χ0n) is 10.8. The molecule has 0 radical (unpaired) electrons. The smallest absolute Gasteiger partial charge is 0.306 e. The molecule has 0 saturated carbocycles. The minimum atomic E-state index is -0.713. The van der Waals surface area contributed by atoms with Gasteiger partial charge in [-0.2, -0.15) is 0 Å². The van der Waals surface area contributed by atoms with E-state index in [-0.39, 0.29) is 5.92 Å². The number of carboxylic acid groups (broad SMARTS) is 1. The molecule has 0 spiro atoms. The highest BCUT2D eigenvalue weighted by molar-refractivity contribution is 5.69. The SMILES string of the molecule is CC(CCc1cccc(CN(C)C)c1)C(=O)O. The Morgan fingerprint density at radius 1 is 1.35 bits per heavy atom. The molecule has 3 heteroatoms. The van der Waals surface area contributed by atoms with Gasteiger partial charge in [0.05, 0.1) is 5.92 Å². The molecular weight excluding hydrogens is 214 g/mol. The van der Waals surface area contributed by atoms with Crippen LogP contribution in [0.4, 0.5) is 0 Å². The summed E-state index contributed by atoms with van der Waals surface area (Å²) in [5.41, 5.74) is 2.49. The fourth-order valence-electron chi connectivity index (χ4n) is 1.76. The highest BCUT2D eigenvalue weighted by Crippen LogP contribution is 2.12. The van der Waals surface area contributed by atoms with Crippen LogP contribution in [0.1, 0.15) is 24.5 Å². The lowest BCUT2D eigenvalue weighted by Gasteiger charge is -2.11. The van der Waals surface area contributed by atoms with Crippen molar-refractivity contribution in [2.24, 2.45) is 5.92 Å². The molecule has 0 aliphatic carbocycles. The summed E-state index contributed by atoms with van der Waals surface area (Å²) in [5, 5.41) is 8.83. The molecule has 0 heterocycles. The fraction of sp³-hybridized carbons (Fsp3) is 0.500. The van der Waals surface area contributed by atoms with Crippen LogP contribution in [-0.4, -0.2) is 30.1 Å². The Hall–Kier alpha value is -1.35. The molecule has 0 aromatic heterocycles. The third-order valence-electron chi connectivity index (χ3n) is 2.78. The van der Waals surface area contributed by atoms with E-state index >= 15 is 0 Å². The summed E-state index contributed by atoms with van der Waals surface area (Å²) in [4.78, 5) is 12.9. The Morgan fingerprint density at radius 3 is 2.59 bits per heavy atom. The summed E-state index contributed by atoms with van der Waals surface area (Å²) in [6, 6.07) is 8.37. The number of hydrogen-bond acceptors (Lipinski definition) is 2. The molecule has 1 N–H and O–H groups in total. The predicted molar refractivity (Wildman–Crippen MR) is 69.0 cm³/mol. The lowest BCUT2D eigenvalue weighted by molar-refractivity contribution is -0.141. The molecule has 94 valence electrons. The fourth-order valence-corrected chi connectivity index (χ4v) is 1.76. The van der Waals surface area contributed by atoms with Gasteiger partial charge in [0.2, 0.25) is 0 Å². The first-order chi connectivity index (χ1) is 7.99. The summed E-state index contributed by atoms with van der Waals surface area (Å²) in [6.45, 7) is 2.67. The van der Waals surface area contributed by atoms with Crippen LogP contribution in [0, 0.1) is 5.92 Å². The van der Waals surface area contributed by atoms with Gasteiger partial charge in [0, 0.05) is 6.54 Å². The Kier molecular flexibility index (Phi) is 5.16. The number of carboxylic acids is 1. The molecular formula is C14H21NO2. The molecule has 17 heavy (non-hydrogen) atoms. The van der Waals surface area contributed by atoms with Crippen LogP contribution in [0.2, 0.25) is 0 Å². The summed E-state index contributed by atoms with van der Waals surface area (Å²) >= 11 is 0. The quantitative estimate of drug-likeness (QED) is 0.823. The second-order valence-electron chi connectivity index (χ2n) is 4.84. The molecule has 3 nitrogen and oxygen atoms in total. The monoisotopic (exact) mass is 235 g/mol. The van der Waals surface area contributed by atoms with Gasteiger partial charge < -0.3 is 10.0 Å². The molecule has 1 unspecified atom stereocenters. The summed E-state index contributed by atoms with van der Waals surface area (Å²) < 4.78 is 0. The van der Waals surface area contributed by atoms with E-state index < -0.39 is 5.97 Å². The van der Waals surface area contributed by atoms with Crippen molar-refractivity contribution in [1.82, 2.24) is 4.90 Å². The van der Waals surface area contributed by atoms with E-state index in [1.165, 1.54) is 11.1 Å². The molecule has 0 amide bonds. The molecule has 0 aliphatic heterocycles. The molecule has 0 aliphatic rings. The molecule has 1 aromatic carbocycles. The number of carbonyl (C=O) groups is 1. The number of aliphatic carboxylic acids is 1. The zero-order valence-corrected chi connectivity index (χ0v) is 10.8. The molecule has 0 saturated heterocycles. The Bertz CT molecular complexity index is 374. The van der Waals surface area contributed by atoms with Crippen molar-refractivity contribution in [1.29, 1.82) is 0 Å². The van der Waals surface area contributed by atoms with Gasteiger partial charge in [0.25, 0.3) is 0 Å². The Balaban J connectivity index is 2.56. The number of rotatable bonds is 6. The van der Waals surface area contributed by atoms with Crippen molar-refractivity contribution in [3.05, 3.63) is 35.4 Å². The van der Waals surface area contributed by atoms with E-state index in [9.17, 15) is 4.79 Å². The summed E-state index contributed by atoms with van der Waals surface area (Å²) in [7, 11) is 4.08. The molecule has 1 aromatic rings. The topological polar surface area (TPSA) is 40.5 Å². The average Bonchev–Trinajstić information content (AvgIpc) is 2.25. The van der Waals surface area contributed by atoms with E-state index in [1.807, 2.05) is 20.2 Å². The minimum Gasteiger partial charge on any atom is -0.481 e. The van der Waals surface area contributed by atoms with E-state index in [4.69, 9.17) is 5.11 Å². The van der Waals surface area contributed by atoms with Crippen LogP contribution in [-0.2, 0) is 17.8 Å². The Labute approximate surface area is 103 Å². The largest absolute Gasteiger partial charge is 0.481 e. The second-order valence-corrected chi connectivity index (χ2v) is 4.84. The van der Waals surface area contributed by atoms with Crippen molar-refractivity contribution in [3.63, 3.8) is 0 Å². The van der Waals surface area contributed by atoms with E-state index in [0.29, 0.717) is 6.42 Å². The van der Waals surface area contributed by atoms with Crippen LogP contribution in [0.25, 0.3) is 0 Å².